The maximum absolute atomic E-state index is 11.2. The van der Waals surface area contributed by atoms with Crippen molar-refractivity contribution >= 4 is 5.95 Å². The Bertz CT molecular complexity index is 729. The van der Waals surface area contributed by atoms with Crippen molar-refractivity contribution in [1.29, 1.82) is 0 Å². The number of nitrogens with zero attached hydrogens (tertiary/aromatic N) is 4. The molecule has 1 aromatic heterocycles. The summed E-state index contributed by atoms with van der Waals surface area (Å²) in [6.07, 6.45) is 5.20. The van der Waals surface area contributed by atoms with E-state index in [9.17, 15) is 5.11 Å². The minimum Gasteiger partial charge on any atom is -0.491 e. The van der Waals surface area contributed by atoms with Gasteiger partial charge in [-0.2, -0.15) is 0 Å². The van der Waals surface area contributed by atoms with Crippen LogP contribution in [-0.2, 0) is 11.3 Å². The van der Waals surface area contributed by atoms with E-state index in [-0.39, 0.29) is 0 Å². The first kappa shape index (κ1) is 21.5. The van der Waals surface area contributed by atoms with Crippen molar-refractivity contribution in [3.8, 4) is 5.75 Å². The van der Waals surface area contributed by atoms with Crippen LogP contribution in [0.15, 0.2) is 42.7 Å². The molecular weight excluding hydrogens is 368 g/mol. The summed E-state index contributed by atoms with van der Waals surface area (Å²) in [5, 5.41) is 11.2. The van der Waals surface area contributed by atoms with Crippen LogP contribution in [0.25, 0.3) is 0 Å². The van der Waals surface area contributed by atoms with Gasteiger partial charge in [0.25, 0.3) is 0 Å². The summed E-state index contributed by atoms with van der Waals surface area (Å²) in [6, 6.07) is 9.92. The SMILES string of the molecule is CCOCCOc1ccc(CN(C)CC2(O)CCCN(c3ncccn3)C2)cc1. The number of β-amino-alcohol motifs (C(OH)–C–C–N with tert-alkyl or cyclic N) is 1. The number of aromatic nitrogens is 2. The van der Waals surface area contributed by atoms with Gasteiger partial charge in [-0.1, -0.05) is 12.1 Å². The highest BCUT2D eigenvalue weighted by Crippen LogP contribution is 2.25. The summed E-state index contributed by atoms with van der Waals surface area (Å²) in [4.78, 5) is 12.9. The average Bonchev–Trinajstić information content (AvgIpc) is 2.72. The van der Waals surface area contributed by atoms with Gasteiger partial charge in [0, 0.05) is 38.6 Å². The number of hydrogen-bond donors (Lipinski definition) is 1. The maximum atomic E-state index is 11.2. The Kier molecular flexibility index (Phi) is 7.80. The summed E-state index contributed by atoms with van der Waals surface area (Å²) in [6.45, 7) is 6.63. The normalized spacial score (nSPS) is 19.5. The van der Waals surface area contributed by atoms with E-state index in [1.807, 2.05) is 32.2 Å². The predicted molar refractivity (Wildman–Crippen MR) is 113 cm³/mol. The molecule has 29 heavy (non-hydrogen) atoms. The molecule has 0 amide bonds. The van der Waals surface area contributed by atoms with Crippen LogP contribution < -0.4 is 9.64 Å². The molecule has 0 radical (unpaired) electrons. The van der Waals surface area contributed by atoms with Crippen molar-refractivity contribution < 1.29 is 14.6 Å². The maximum Gasteiger partial charge on any atom is 0.225 e. The standard InChI is InChI=1S/C22H32N4O3/c1-3-28-14-15-29-20-8-6-19(7-9-20)16-25(2)17-22(27)10-4-13-26(18-22)21-23-11-5-12-24-21/h5-9,11-12,27H,3-4,10,13-18H2,1-2H3. The van der Waals surface area contributed by atoms with E-state index in [1.165, 1.54) is 5.56 Å². The van der Waals surface area contributed by atoms with E-state index in [1.54, 1.807) is 12.4 Å². The number of aliphatic hydroxyl groups is 1. The molecule has 2 heterocycles. The molecule has 1 N–H and O–H groups in total. The van der Waals surface area contributed by atoms with Gasteiger partial charge in [0.15, 0.2) is 0 Å². The number of anilines is 1. The van der Waals surface area contributed by atoms with E-state index in [0.717, 1.165) is 31.7 Å². The van der Waals surface area contributed by atoms with Crippen LogP contribution in [0, 0.1) is 0 Å². The van der Waals surface area contributed by atoms with Crippen molar-refractivity contribution in [3.63, 3.8) is 0 Å². The van der Waals surface area contributed by atoms with E-state index in [2.05, 4.69) is 31.9 Å². The van der Waals surface area contributed by atoms with Crippen LogP contribution in [-0.4, -0.2) is 72.1 Å². The number of hydrogen-bond acceptors (Lipinski definition) is 7. The van der Waals surface area contributed by atoms with Crippen LogP contribution in [0.4, 0.5) is 5.95 Å². The second-order valence-corrected chi connectivity index (χ2v) is 7.66. The van der Waals surface area contributed by atoms with Gasteiger partial charge >= 0.3 is 0 Å². The molecule has 1 atom stereocenters. The highest BCUT2D eigenvalue weighted by Gasteiger charge is 2.35. The molecule has 1 saturated heterocycles. The Morgan fingerprint density at radius 2 is 1.93 bits per heavy atom. The zero-order valence-electron chi connectivity index (χ0n) is 17.5. The van der Waals surface area contributed by atoms with Crippen molar-refractivity contribution in [1.82, 2.24) is 14.9 Å². The quantitative estimate of drug-likeness (QED) is 0.614. The average molecular weight is 401 g/mol. The lowest BCUT2D eigenvalue weighted by molar-refractivity contribution is -0.00366. The molecule has 0 aliphatic carbocycles. The lowest BCUT2D eigenvalue weighted by Gasteiger charge is -2.41. The lowest BCUT2D eigenvalue weighted by Crippen LogP contribution is -2.54. The first-order valence-electron chi connectivity index (χ1n) is 10.3. The van der Waals surface area contributed by atoms with E-state index >= 15 is 0 Å². The van der Waals surface area contributed by atoms with E-state index < -0.39 is 5.60 Å². The van der Waals surface area contributed by atoms with Gasteiger partial charge in [-0.25, -0.2) is 9.97 Å². The van der Waals surface area contributed by atoms with Gasteiger partial charge in [-0.15, -0.1) is 0 Å². The summed E-state index contributed by atoms with van der Waals surface area (Å²) in [5.41, 5.74) is 0.418. The van der Waals surface area contributed by atoms with E-state index in [0.29, 0.717) is 38.9 Å². The van der Waals surface area contributed by atoms with Crippen molar-refractivity contribution in [2.45, 2.75) is 31.9 Å². The summed E-state index contributed by atoms with van der Waals surface area (Å²) in [5.74, 6) is 1.54. The first-order chi connectivity index (χ1) is 14.1. The predicted octanol–water partition coefficient (Wildman–Crippen LogP) is 2.36. The molecule has 1 aliphatic rings. The third-order valence-electron chi connectivity index (χ3n) is 5.03. The van der Waals surface area contributed by atoms with E-state index in [4.69, 9.17) is 9.47 Å². The molecule has 0 saturated carbocycles. The molecule has 7 nitrogen and oxygen atoms in total. The minimum absolute atomic E-state index is 0.550. The fourth-order valence-corrected chi connectivity index (χ4v) is 3.79. The highest BCUT2D eigenvalue weighted by molar-refractivity contribution is 5.31. The molecule has 1 fully saturated rings. The molecule has 1 aliphatic heterocycles. The summed E-state index contributed by atoms with van der Waals surface area (Å²) >= 11 is 0. The van der Waals surface area contributed by atoms with Gasteiger partial charge in [-0.05, 0) is 50.6 Å². The van der Waals surface area contributed by atoms with Crippen LogP contribution in [0.2, 0.25) is 0 Å². The fraction of sp³-hybridized carbons (Fsp3) is 0.545. The Labute approximate surface area is 173 Å². The first-order valence-corrected chi connectivity index (χ1v) is 10.3. The number of benzene rings is 1. The zero-order valence-corrected chi connectivity index (χ0v) is 17.5. The fourth-order valence-electron chi connectivity index (χ4n) is 3.79. The molecule has 158 valence electrons. The second-order valence-electron chi connectivity index (χ2n) is 7.66. The molecule has 2 aromatic rings. The molecular formula is C22H32N4O3. The van der Waals surface area contributed by atoms with Gasteiger partial charge < -0.3 is 19.5 Å². The molecule has 3 rings (SSSR count). The largest absolute Gasteiger partial charge is 0.491 e. The van der Waals surface area contributed by atoms with Crippen molar-refractivity contribution in [2.75, 3.05) is 51.4 Å². The number of likely N-dealkylation sites (N-methyl/N-ethyl adjacent to an activating group) is 1. The van der Waals surface area contributed by atoms with Gasteiger partial charge in [0.05, 0.1) is 18.8 Å². The lowest BCUT2D eigenvalue weighted by atomic mass is 9.92. The third kappa shape index (κ3) is 6.66. The van der Waals surface area contributed by atoms with Crippen LogP contribution >= 0.6 is 0 Å². The van der Waals surface area contributed by atoms with Crippen molar-refractivity contribution in [3.05, 3.63) is 48.3 Å². The summed E-state index contributed by atoms with van der Waals surface area (Å²) in [7, 11) is 2.04. The van der Waals surface area contributed by atoms with Crippen LogP contribution in [0.5, 0.6) is 5.75 Å². The third-order valence-corrected chi connectivity index (χ3v) is 5.03. The molecule has 7 heteroatoms. The monoisotopic (exact) mass is 400 g/mol. The smallest absolute Gasteiger partial charge is 0.225 e. The molecule has 1 unspecified atom stereocenters. The van der Waals surface area contributed by atoms with Gasteiger partial charge in [0.1, 0.15) is 12.4 Å². The minimum atomic E-state index is -0.769. The Hall–Kier alpha value is -2.22. The number of rotatable bonds is 10. The van der Waals surface area contributed by atoms with Crippen LogP contribution in [0.1, 0.15) is 25.3 Å². The van der Waals surface area contributed by atoms with Crippen LogP contribution in [0.3, 0.4) is 0 Å². The highest BCUT2D eigenvalue weighted by atomic mass is 16.5. The van der Waals surface area contributed by atoms with Gasteiger partial charge in [-0.3, -0.25) is 4.90 Å². The topological polar surface area (TPSA) is 71.0 Å². The van der Waals surface area contributed by atoms with Crippen molar-refractivity contribution in [2.24, 2.45) is 0 Å². The summed E-state index contributed by atoms with van der Waals surface area (Å²) < 4.78 is 10.9. The number of piperidine rings is 1. The number of ether oxygens (including phenoxy) is 2. The zero-order chi connectivity index (χ0) is 20.5. The molecule has 0 spiro atoms. The Morgan fingerprint density at radius 1 is 1.17 bits per heavy atom. The second kappa shape index (κ2) is 10.5. The molecule has 0 bridgehead atoms. The Balaban J connectivity index is 1.49. The molecule has 1 aromatic carbocycles. The Morgan fingerprint density at radius 3 is 2.66 bits per heavy atom. The van der Waals surface area contributed by atoms with Gasteiger partial charge in [0.2, 0.25) is 5.95 Å².